The van der Waals surface area contributed by atoms with Gasteiger partial charge >= 0.3 is 0 Å². The van der Waals surface area contributed by atoms with Crippen molar-refractivity contribution in [3.63, 3.8) is 0 Å². The third-order valence-electron chi connectivity index (χ3n) is 3.17. The molecule has 3 N–H and O–H groups in total. The fourth-order valence-corrected chi connectivity index (χ4v) is 2.29. The van der Waals surface area contributed by atoms with Gasteiger partial charge in [0.05, 0.1) is 23.3 Å². The van der Waals surface area contributed by atoms with Crippen molar-refractivity contribution in [3.8, 4) is 5.75 Å². The third kappa shape index (κ3) is 2.96. The van der Waals surface area contributed by atoms with Crippen molar-refractivity contribution < 1.29 is 14.3 Å². The number of nitrogens with one attached hydrogen (secondary N) is 2. The molecule has 6 nitrogen and oxygen atoms in total. The molecule has 1 heterocycles. The van der Waals surface area contributed by atoms with Gasteiger partial charge in [0.15, 0.2) is 5.82 Å². The van der Waals surface area contributed by atoms with Gasteiger partial charge in [0.1, 0.15) is 23.6 Å². The highest BCUT2D eigenvalue weighted by atomic mass is 35.5. The highest BCUT2D eigenvalue weighted by Gasteiger charge is 2.12. The molecule has 2 aromatic carbocycles. The van der Waals surface area contributed by atoms with Crippen molar-refractivity contribution in [1.82, 2.24) is 9.97 Å². The van der Waals surface area contributed by atoms with Gasteiger partial charge in [0.2, 0.25) is 0 Å². The highest BCUT2D eigenvalue weighted by Crippen LogP contribution is 2.33. The van der Waals surface area contributed by atoms with E-state index in [4.69, 9.17) is 16.4 Å². The molecule has 0 radical (unpaired) electrons. The normalized spacial score (nSPS) is 10.7. The smallest absolute Gasteiger partial charge is 0.165 e. The molecule has 0 saturated carbocycles. The molecule has 0 bridgehead atoms. The SMILES string of the molecule is CONc1cc2c(Nc3cccc(Cl)c3F)ncnc2cc1O. The molecule has 8 heteroatoms. The quantitative estimate of drug-likeness (QED) is 0.497. The summed E-state index contributed by atoms with van der Waals surface area (Å²) in [5.74, 6) is -0.233. The van der Waals surface area contributed by atoms with E-state index in [2.05, 4.69) is 20.8 Å². The molecule has 0 fully saturated rings. The summed E-state index contributed by atoms with van der Waals surface area (Å²) in [4.78, 5) is 13.0. The van der Waals surface area contributed by atoms with Gasteiger partial charge in [-0.25, -0.2) is 14.4 Å². The molecule has 0 amide bonds. The minimum Gasteiger partial charge on any atom is -0.506 e. The molecule has 0 spiro atoms. The predicted molar refractivity (Wildman–Crippen MR) is 86.5 cm³/mol. The first kappa shape index (κ1) is 15.3. The fraction of sp³-hybridized carbons (Fsp3) is 0.0667. The zero-order valence-electron chi connectivity index (χ0n) is 12.0. The second-order valence-corrected chi connectivity index (χ2v) is 5.05. The Morgan fingerprint density at radius 1 is 1.22 bits per heavy atom. The maximum atomic E-state index is 14.0. The molecular formula is C15H12ClFN4O2. The Labute approximate surface area is 135 Å². The summed E-state index contributed by atoms with van der Waals surface area (Å²) < 4.78 is 14.0. The van der Waals surface area contributed by atoms with Crippen LogP contribution in [0.25, 0.3) is 10.9 Å². The summed E-state index contributed by atoms with van der Waals surface area (Å²) in [6, 6.07) is 7.68. The standard InChI is InChI=1S/C15H12ClFN4O2/c1-23-21-12-5-8-11(6-13(12)22)18-7-19-15(8)20-10-4-2-3-9(16)14(10)17/h2-7,21-22H,1H3,(H,18,19,20). The molecule has 23 heavy (non-hydrogen) atoms. The first-order valence-electron chi connectivity index (χ1n) is 6.58. The number of aromatic nitrogens is 2. The number of fused-ring (bicyclic) bond motifs is 1. The van der Waals surface area contributed by atoms with E-state index in [1.807, 2.05) is 0 Å². The number of phenols is 1. The van der Waals surface area contributed by atoms with E-state index < -0.39 is 5.82 Å². The molecule has 1 aromatic heterocycles. The summed E-state index contributed by atoms with van der Waals surface area (Å²) in [5.41, 5.74) is 3.57. The topological polar surface area (TPSA) is 79.3 Å². The average molecular weight is 335 g/mol. The molecule has 118 valence electrons. The number of benzene rings is 2. The maximum absolute atomic E-state index is 14.0. The van der Waals surface area contributed by atoms with Crippen molar-refractivity contribution in [2.45, 2.75) is 0 Å². The number of aromatic hydroxyl groups is 1. The van der Waals surface area contributed by atoms with Crippen molar-refractivity contribution in [1.29, 1.82) is 0 Å². The zero-order chi connectivity index (χ0) is 16.4. The van der Waals surface area contributed by atoms with Gasteiger partial charge in [0.25, 0.3) is 0 Å². The Morgan fingerprint density at radius 2 is 2.04 bits per heavy atom. The van der Waals surface area contributed by atoms with Crippen LogP contribution in [0, 0.1) is 5.82 Å². The predicted octanol–water partition coefficient (Wildman–Crippen LogP) is 3.84. The Morgan fingerprint density at radius 3 is 2.83 bits per heavy atom. The molecule has 0 aliphatic heterocycles. The van der Waals surface area contributed by atoms with Gasteiger partial charge in [-0.3, -0.25) is 10.3 Å². The number of anilines is 3. The largest absolute Gasteiger partial charge is 0.506 e. The van der Waals surface area contributed by atoms with Crippen LogP contribution in [0.4, 0.5) is 21.6 Å². The average Bonchev–Trinajstić information content (AvgIpc) is 2.53. The van der Waals surface area contributed by atoms with E-state index >= 15 is 0 Å². The lowest BCUT2D eigenvalue weighted by atomic mass is 10.2. The maximum Gasteiger partial charge on any atom is 0.165 e. The van der Waals surface area contributed by atoms with Crippen LogP contribution in [0.15, 0.2) is 36.7 Å². The Kier molecular flexibility index (Phi) is 4.14. The van der Waals surface area contributed by atoms with Gasteiger partial charge in [-0.05, 0) is 18.2 Å². The monoisotopic (exact) mass is 334 g/mol. The molecule has 0 saturated heterocycles. The Hall–Kier alpha value is -2.64. The lowest BCUT2D eigenvalue weighted by Crippen LogP contribution is -2.00. The minimum atomic E-state index is -0.574. The van der Waals surface area contributed by atoms with E-state index in [1.54, 1.807) is 18.2 Å². The van der Waals surface area contributed by atoms with E-state index in [-0.39, 0.29) is 16.5 Å². The lowest BCUT2D eigenvalue weighted by molar-refractivity contribution is 0.269. The summed E-state index contributed by atoms with van der Waals surface area (Å²) >= 11 is 5.78. The van der Waals surface area contributed by atoms with Gasteiger partial charge in [-0.1, -0.05) is 17.7 Å². The Balaban J connectivity index is 2.10. The number of hydrogen-bond acceptors (Lipinski definition) is 6. The summed E-state index contributed by atoms with van der Waals surface area (Å²) in [5, 5.41) is 13.4. The first-order chi connectivity index (χ1) is 11.1. The molecule has 3 aromatic rings. The van der Waals surface area contributed by atoms with Crippen molar-refractivity contribution in [2.75, 3.05) is 17.9 Å². The van der Waals surface area contributed by atoms with Crippen LogP contribution in [0.5, 0.6) is 5.75 Å². The van der Waals surface area contributed by atoms with Crippen molar-refractivity contribution in [2.24, 2.45) is 0 Å². The van der Waals surface area contributed by atoms with Gasteiger partial charge < -0.3 is 10.4 Å². The number of rotatable bonds is 4. The van der Waals surface area contributed by atoms with Crippen molar-refractivity contribution in [3.05, 3.63) is 47.5 Å². The third-order valence-corrected chi connectivity index (χ3v) is 3.46. The molecule has 3 rings (SSSR count). The summed E-state index contributed by atoms with van der Waals surface area (Å²) in [7, 11) is 1.42. The number of phenolic OH excluding ortho intramolecular Hbond substituents is 1. The van der Waals surface area contributed by atoms with Crippen LogP contribution in [0.2, 0.25) is 5.02 Å². The first-order valence-corrected chi connectivity index (χ1v) is 6.95. The number of halogens is 2. The highest BCUT2D eigenvalue weighted by molar-refractivity contribution is 6.31. The second kappa shape index (κ2) is 6.23. The summed E-state index contributed by atoms with van der Waals surface area (Å²) in [6.07, 6.45) is 1.32. The fourth-order valence-electron chi connectivity index (χ4n) is 2.11. The lowest BCUT2D eigenvalue weighted by Gasteiger charge is -2.12. The summed E-state index contributed by atoms with van der Waals surface area (Å²) in [6.45, 7) is 0. The van der Waals surface area contributed by atoms with Crippen LogP contribution < -0.4 is 10.8 Å². The van der Waals surface area contributed by atoms with E-state index in [0.29, 0.717) is 22.4 Å². The minimum absolute atomic E-state index is 0.00717. The van der Waals surface area contributed by atoms with Crippen LogP contribution >= 0.6 is 11.6 Å². The molecule has 0 atom stereocenters. The molecule has 0 unspecified atom stereocenters. The molecule has 0 aliphatic rings. The number of nitrogens with zero attached hydrogens (tertiary/aromatic N) is 2. The van der Waals surface area contributed by atoms with E-state index in [9.17, 15) is 9.50 Å². The molecular weight excluding hydrogens is 323 g/mol. The number of hydrogen-bond donors (Lipinski definition) is 3. The van der Waals surface area contributed by atoms with Gasteiger partial charge in [-0.15, -0.1) is 0 Å². The van der Waals surface area contributed by atoms with Gasteiger partial charge in [-0.2, -0.15) is 0 Å². The van der Waals surface area contributed by atoms with Crippen LogP contribution in [-0.2, 0) is 4.84 Å². The second-order valence-electron chi connectivity index (χ2n) is 4.64. The van der Waals surface area contributed by atoms with Crippen molar-refractivity contribution >= 4 is 39.7 Å². The van der Waals surface area contributed by atoms with Crippen LogP contribution in [0.3, 0.4) is 0 Å². The van der Waals surface area contributed by atoms with Gasteiger partial charge in [0, 0.05) is 11.5 Å². The van der Waals surface area contributed by atoms with Crippen LogP contribution in [-0.4, -0.2) is 22.2 Å². The van der Waals surface area contributed by atoms with E-state index in [1.165, 1.54) is 25.6 Å². The van der Waals surface area contributed by atoms with E-state index in [0.717, 1.165) is 0 Å². The zero-order valence-corrected chi connectivity index (χ0v) is 12.7. The molecule has 0 aliphatic carbocycles. The van der Waals surface area contributed by atoms with Crippen LogP contribution in [0.1, 0.15) is 0 Å². The Bertz CT molecular complexity index is 875.